The minimum absolute atomic E-state index is 0.0662. The molecule has 3 N–H and O–H groups in total. The van der Waals surface area contributed by atoms with Gasteiger partial charge in [-0.15, -0.1) is 0 Å². The summed E-state index contributed by atoms with van der Waals surface area (Å²) in [5, 5.41) is 6.03. The minimum Gasteiger partial charge on any atom is -0.374 e. The van der Waals surface area contributed by atoms with E-state index in [1.54, 1.807) is 18.0 Å². The first-order valence-corrected chi connectivity index (χ1v) is 11.3. The topological polar surface area (TPSA) is 99.8 Å². The van der Waals surface area contributed by atoms with Gasteiger partial charge in [-0.3, -0.25) is 9.62 Å². The maximum atomic E-state index is 12.4. The van der Waals surface area contributed by atoms with Gasteiger partial charge < -0.3 is 15.4 Å². The third kappa shape index (κ3) is 4.96. The number of hydrogen-bond acceptors (Lipinski definition) is 5. The number of ether oxygens (including phenoxy) is 1. The van der Waals surface area contributed by atoms with E-state index in [4.69, 9.17) is 4.74 Å². The van der Waals surface area contributed by atoms with Crippen LogP contribution in [0.5, 0.6) is 0 Å². The zero-order valence-electron chi connectivity index (χ0n) is 16.7. The molecular weight excluding hydrogens is 380 g/mol. The number of carbonyl (C=O) groups is 1. The van der Waals surface area contributed by atoms with Gasteiger partial charge in [0, 0.05) is 30.4 Å². The van der Waals surface area contributed by atoms with Gasteiger partial charge in [-0.05, 0) is 38.3 Å². The van der Waals surface area contributed by atoms with Crippen LogP contribution < -0.4 is 15.4 Å². The molecule has 2 aliphatic rings. The Morgan fingerprint density at radius 1 is 1.36 bits per heavy atom. The highest BCUT2D eigenvalue weighted by Gasteiger charge is 2.37. The molecule has 1 aromatic carbocycles. The third-order valence-corrected chi connectivity index (χ3v) is 5.21. The fourth-order valence-electron chi connectivity index (χ4n) is 3.12. The smallest absolute Gasteiger partial charge is 0.323 e. The van der Waals surface area contributed by atoms with Crippen molar-refractivity contribution in [3.63, 3.8) is 0 Å². The molecule has 8 nitrogen and oxygen atoms in total. The third-order valence-electron chi connectivity index (χ3n) is 4.62. The van der Waals surface area contributed by atoms with E-state index in [-0.39, 0.29) is 12.1 Å². The molecule has 0 aromatic heterocycles. The SMILES string of the molecule is CNC(=O)N1C=C(C2CC2)NC1c1ccc(COC(C)C)cc1NS(C)(=O)=O. The zero-order valence-corrected chi connectivity index (χ0v) is 17.5. The molecule has 0 spiro atoms. The molecule has 28 heavy (non-hydrogen) atoms. The predicted molar refractivity (Wildman–Crippen MR) is 108 cm³/mol. The number of carbonyl (C=O) groups excluding carboxylic acids is 1. The van der Waals surface area contributed by atoms with Gasteiger partial charge in [0.05, 0.1) is 24.7 Å². The van der Waals surface area contributed by atoms with Gasteiger partial charge in [0.15, 0.2) is 0 Å². The molecule has 2 amide bonds. The van der Waals surface area contributed by atoms with E-state index in [2.05, 4.69) is 15.4 Å². The van der Waals surface area contributed by atoms with Gasteiger partial charge in [0.1, 0.15) is 6.17 Å². The van der Waals surface area contributed by atoms with E-state index in [9.17, 15) is 13.2 Å². The number of amides is 2. The largest absolute Gasteiger partial charge is 0.374 e. The summed E-state index contributed by atoms with van der Waals surface area (Å²) in [7, 11) is -1.92. The fraction of sp³-hybridized carbons (Fsp3) is 0.526. The number of urea groups is 1. The molecule has 1 unspecified atom stereocenters. The van der Waals surface area contributed by atoms with E-state index in [0.29, 0.717) is 23.8 Å². The lowest BCUT2D eigenvalue weighted by Gasteiger charge is -2.26. The Hall–Kier alpha value is -2.26. The maximum absolute atomic E-state index is 12.4. The summed E-state index contributed by atoms with van der Waals surface area (Å²) in [5.74, 6) is 0.433. The van der Waals surface area contributed by atoms with Crippen LogP contribution in [0.3, 0.4) is 0 Å². The van der Waals surface area contributed by atoms with Crippen molar-refractivity contribution in [2.45, 2.75) is 45.6 Å². The lowest BCUT2D eigenvalue weighted by Crippen LogP contribution is -2.38. The van der Waals surface area contributed by atoms with Crippen LogP contribution in [-0.2, 0) is 21.4 Å². The number of benzene rings is 1. The van der Waals surface area contributed by atoms with E-state index < -0.39 is 16.2 Å². The molecule has 0 radical (unpaired) electrons. The van der Waals surface area contributed by atoms with Crippen LogP contribution in [0.15, 0.2) is 30.1 Å². The van der Waals surface area contributed by atoms with Crippen molar-refractivity contribution in [1.29, 1.82) is 0 Å². The molecule has 1 fully saturated rings. The molecule has 1 aliphatic carbocycles. The Bertz CT molecular complexity index is 878. The summed E-state index contributed by atoms with van der Waals surface area (Å²) < 4.78 is 32.1. The van der Waals surface area contributed by atoms with E-state index in [1.165, 1.54) is 0 Å². The molecule has 9 heteroatoms. The molecule has 154 valence electrons. The summed E-state index contributed by atoms with van der Waals surface area (Å²) in [6.45, 7) is 4.26. The molecule has 1 aromatic rings. The van der Waals surface area contributed by atoms with E-state index in [1.807, 2.05) is 32.2 Å². The first-order valence-electron chi connectivity index (χ1n) is 9.38. The van der Waals surface area contributed by atoms with Crippen molar-refractivity contribution < 1.29 is 17.9 Å². The van der Waals surface area contributed by atoms with Crippen LogP contribution in [0.1, 0.15) is 44.0 Å². The monoisotopic (exact) mass is 408 g/mol. The number of sulfonamides is 1. The van der Waals surface area contributed by atoms with Gasteiger partial charge in [0.2, 0.25) is 10.0 Å². The average Bonchev–Trinajstić information content (AvgIpc) is 3.37. The molecule has 1 aliphatic heterocycles. The van der Waals surface area contributed by atoms with E-state index >= 15 is 0 Å². The van der Waals surface area contributed by atoms with Crippen molar-refractivity contribution in [3.8, 4) is 0 Å². The first kappa shape index (κ1) is 20.5. The second-order valence-corrected chi connectivity index (χ2v) is 9.27. The Kier molecular flexibility index (Phi) is 5.85. The molecule has 1 atom stereocenters. The lowest BCUT2D eigenvalue weighted by atomic mass is 10.1. The van der Waals surface area contributed by atoms with Crippen molar-refractivity contribution >= 4 is 21.7 Å². The number of hydrogen-bond donors (Lipinski definition) is 3. The molecule has 1 heterocycles. The summed E-state index contributed by atoms with van der Waals surface area (Å²) in [6.07, 6.45) is 4.69. The highest BCUT2D eigenvalue weighted by Crippen LogP contribution is 2.41. The van der Waals surface area contributed by atoms with Crippen LogP contribution in [-0.4, -0.2) is 38.8 Å². The highest BCUT2D eigenvalue weighted by atomic mass is 32.2. The molecule has 1 saturated carbocycles. The van der Waals surface area contributed by atoms with Crippen molar-refractivity contribution in [3.05, 3.63) is 41.2 Å². The van der Waals surface area contributed by atoms with Crippen molar-refractivity contribution in [1.82, 2.24) is 15.5 Å². The standard InChI is InChI=1S/C19H28N4O4S/c1-12(2)27-11-13-5-8-15(16(9-13)22-28(4,25)26)18-21-17(14-6-7-14)10-23(18)19(24)20-3/h5,8-10,12,14,18,21-22H,6-7,11H2,1-4H3,(H,20,24). The summed E-state index contributed by atoms with van der Waals surface area (Å²) in [4.78, 5) is 14.0. The quantitative estimate of drug-likeness (QED) is 0.644. The van der Waals surface area contributed by atoms with Gasteiger partial charge in [-0.2, -0.15) is 0 Å². The molecule has 3 rings (SSSR count). The number of nitrogens with zero attached hydrogens (tertiary/aromatic N) is 1. The Morgan fingerprint density at radius 3 is 2.64 bits per heavy atom. The van der Waals surface area contributed by atoms with Crippen LogP contribution >= 0.6 is 0 Å². The Morgan fingerprint density at radius 2 is 2.07 bits per heavy atom. The number of rotatable bonds is 7. The van der Waals surface area contributed by atoms with Crippen LogP contribution in [0.25, 0.3) is 0 Å². The summed E-state index contributed by atoms with van der Waals surface area (Å²) in [5.41, 5.74) is 2.97. The predicted octanol–water partition coefficient (Wildman–Crippen LogP) is 2.48. The second kappa shape index (κ2) is 8.00. The average molecular weight is 409 g/mol. The van der Waals surface area contributed by atoms with Gasteiger partial charge >= 0.3 is 6.03 Å². The number of allylic oxidation sites excluding steroid dienone is 1. The zero-order chi connectivity index (χ0) is 20.5. The molecule has 0 saturated heterocycles. The van der Waals surface area contributed by atoms with Crippen molar-refractivity contribution in [2.24, 2.45) is 5.92 Å². The lowest BCUT2D eigenvalue weighted by molar-refractivity contribution is 0.0657. The van der Waals surface area contributed by atoms with E-state index in [0.717, 1.165) is 30.4 Å². The second-order valence-electron chi connectivity index (χ2n) is 7.52. The van der Waals surface area contributed by atoms with Crippen LogP contribution in [0.2, 0.25) is 0 Å². The van der Waals surface area contributed by atoms with Crippen LogP contribution in [0.4, 0.5) is 10.5 Å². The fourth-order valence-corrected chi connectivity index (χ4v) is 3.70. The minimum atomic E-state index is -3.49. The Balaban J connectivity index is 1.95. The van der Waals surface area contributed by atoms with Crippen molar-refractivity contribution in [2.75, 3.05) is 18.0 Å². The Labute approximate surface area is 166 Å². The van der Waals surface area contributed by atoms with Gasteiger partial charge in [-0.1, -0.05) is 12.1 Å². The number of anilines is 1. The van der Waals surface area contributed by atoms with Gasteiger partial charge in [0.25, 0.3) is 0 Å². The van der Waals surface area contributed by atoms with Crippen LogP contribution in [0, 0.1) is 5.92 Å². The normalized spacial score (nSPS) is 19.4. The van der Waals surface area contributed by atoms with Gasteiger partial charge in [-0.25, -0.2) is 13.2 Å². The molecular formula is C19H28N4O4S. The summed E-state index contributed by atoms with van der Waals surface area (Å²) >= 11 is 0. The molecule has 0 bridgehead atoms. The number of nitrogens with one attached hydrogen (secondary N) is 3. The highest BCUT2D eigenvalue weighted by molar-refractivity contribution is 7.92. The first-order chi connectivity index (χ1) is 13.2. The summed E-state index contributed by atoms with van der Waals surface area (Å²) in [6, 6.07) is 5.23. The maximum Gasteiger partial charge on any atom is 0.323 e.